The second kappa shape index (κ2) is 10.5. The third-order valence-electron chi connectivity index (χ3n) is 4.20. The van der Waals surface area contributed by atoms with Gasteiger partial charge < -0.3 is 15.8 Å². The molecule has 0 atom stereocenters. The Bertz CT molecular complexity index is 590. The van der Waals surface area contributed by atoms with Gasteiger partial charge in [-0.1, -0.05) is 18.6 Å². The highest BCUT2D eigenvalue weighted by atomic mass is 16.5. The molecule has 0 bridgehead atoms. The van der Waals surface area contributed by atoms with Gasteiger partial charge in [0.25, 0.3) is 0 Å². The van der Waals surface area contributed by atoms with E-state index in [9.17, 15) is 9.59 Å². The number of ether oxygens (including phenoxy) is 1. The van der Waals surface area contributed by atoms with Crippen LogP contribution in [0, 0.1) is 0 Å². The molecule has 0 unspecified atom stereocenters. The van der Waals surface area contributed by atoms with Gasteiger partial charge in [-0.05, 0) is 50.0 Å². The van der Waals surface area contributed by atoms with Gasteiger partial charge in [-0.15, -0.1) is 0 Å². The molecule has 1 saturated heterocycles. The highest BCUT2D eigenvalue weighted by molar-refractivity contribution is 5.78. The Labute approximate surface area is 154 Å². The number of amides is 4. The standard InChI is InChI=1S/C18H29N5O3/c1-22(21-17(19)24)18(25)20-9-6-12-26-16-8-5-7-15(13-16)14-23-10-3-2-4-11-23/h5,7-8,13H,2-4,6,9-12,14H2,1H3,(H,20,25)(H3,19,21,24). The van der Waals surface area contributed by atoms with Crippen LogP contribution in [0.4, 0.5) is 9.59 Å². The van der Waals surface area contributed by atoms with E-state index in [0.717, 1.165) is 17.3 Å². The van der Waals surface area contributed by atoms with E-state index in [1.54, 1.807) is 0 Å². The number of nitrogens with two attached hydrogens (primary N) is 1. The van der Waals surface area contributed by atoms with Crippen LogP contribution in [0.25, 0.3) is 0 Å². The van der Waals surface area contributed by atoms with Crippen molar-refractivity contribution in [3.63, 3.8) is 0 Å². The Kier molecular flexibility index (Phi) is 8.01. The smallest absolute Gasteiger partial charge is 0.335 e. The molecule has 1 aliphatic rings. The predicted molar refractivity (Wildman–Crippen MR) is 99.6 cm³/mol. The van der Waals surface area contributed by atoms with Gasteiger partial charge in [0.05, 0.1) is 6.61 Å². The summed E-state index contributed by atoms with van der Waals surface area (Å²) < 4.78 is 5.77. The highest BCUT2D eigenvalue weighted by Crippen LogP contribution is 2.17. The molecule has 0 aliphatic carbocycles. The number of piperidine rings is 1. The second-order valence-electron chi connectivity index (χ2n) is 6.45. The Morgan fingerprint density at radius 2 is 2.04 bits per heavy atom. The monoisotopic (exact) mass is 363 g/mol. The summed E-state index contributed by atoms with van der Waals surface area (Å²) in [6, 6.07) is 6.97. The van der Waals surface area contributed by atoms with E-state index in [1.807, 2.05) is 12.1 Å². The first-order valence-electron chi connectivity index (χ1n) is 9.06. The van der Waals surface area contributed by atoms with Crippen molar-refractivity contribution >= 4 is 12.1 Å². The average molecular weight is 363 g/mol. The second-order valence-corrected chi connectivity index (χ2v) is 6.45. The Morgan fingerprint density at radius 3 is 2.77 bits per heavy atom. The van der Waals surface area contributed by atoms with Gasteiger partial charge in [0.15, 0.2) is 0 Å². The van der Waals surface area contributed by atoms with Crippen molar-refractivity contribution in [3.05, 3.63) is 29.8 Å². The minimum absolute atomic E-state index is 0.424. The first-order chi connectivity index (χ1) is 12.5. The van der Waals surface area contributed by atoms with Gasteiger partial charge in [0, 0.05) is 20.1 Å². The molecule has 1 heterocycles. The molecule has 1 aromatic carbocycles. The zero-order valence-electron chi connectivity index (χ0n) is 15.4. The van der Waals surface area contributed by atoms with Crippen molar-refractivity contribution in [2.45, 2.75) is 32.2 Å². The van der Waals surface area contributed by atoms with Crippen molar-refractivity contribution in [2.75, 3.05) is 33.3 Å². The summed E-state index contributed by atoms with van der Waals surface area (Å²) in [5, 5.41) is 3.68. The quantitative estimate of drug-likeness (QED) is 0.507. The van der Waals surface area contributed by atoms with E-state index >= 15 is 0 Å². The van der Waals surface area contributed by atoms with Crippen LogP contribution < -0.4 is 21.2 Å². The summed E-state index contributed by atoms with van der Waals surface area (Å²) >= 11 is 0. The number of likely N-dealkylation sites (tertiary alicyclic amines) is 1. The molecule has 4 amide bonds. The molecule has 0 spiro atoms. The Hall–Kier alpha value is -2.48. The van der Waals surface area contributed by atoms with E-state index in [4.69, 9.17) is 10.5 Å². The number of benzene rings is 1. The minimum atomic E-state index is -0.782. The summed E-state index contributed by atoms with van der Waals surface area (Å²) in [5.74, 6) is 0.846. The molecule has 0 saturated carbocycles. The number of hydrogen-bond donors (Lipinski definition) is 3. The molecule has 1 aliphatic heterocycles. The molecule has 4 N–H and O–H groups in total. The number of hydrazine groups is 1. The maximum Gasteiger partial charge on any atom is 0.335 e. The predicted octanol–water partition coefficient (Wildman–Crippen LogP) is 1.67. The van der Waals surface area contributed by atoms with Gasteiger partial charge in [-0.2, -0.15) is 0 Å². The topological polar surface area (TPSA) is 99.9 Å². The Balaban J connectivity index is 1.65. The highest BCUT2D eigenvalue weighted by Gasteiger charge is 2.11. The molecular formula is C18H29N5O3. The lowest BCUT2D eigenvalue weighted by molar-refractivity contribution is 0.183. The van der Waals surface area contributed by atoms with Crippen molar-refractivity contribution in [1.29, 1.82) is 0 Å². The number of nitrogens with zero attached hydrogens (tertiary/aromatic N) is 2. The third-order valence-corrected chi connectivity index (χ3v) is 4.20. The fourth-order valence-corrected chi connectivity index (χ4v) is 2.90. The van der Waals surface area contributed by atoms with Gasteiger partial charge in [-0.25, -0.2) is 20.0 Å². The van der Waals surface area contributed by atoms with Crippen LogP contribution in [0.1, 0.15) is 31.2 Å². The summed E-state index contributed by atoms with van der Waals surface area (Å²) in [7, 11) is 1.42. The zero-order chi connectivity index (χ0) is 18.8. The molecule has 1 aromatic rings. The van der Waals surface area contributed by atoms with Crippen molar-refractivity contribution in [3.8, 4) is 5.75 Å². The number of carbonyl (C=O) groups excluding carboxylic acids is 2. The third kappa shape index (κ3) is 7.18. The number of nitrogens with one attached hydrogen (secondary N) is 2. The van der Waals surface area contributed by atoms with Crippen LogP contribution in [0.3, 0.4) is 0 Å². The van der Waals surface area contributed by atoms with Crippen molar-refractivity contribution in [1.82, 2.24) is 20.7 Å². The van der Waals surface area contributed by atoms with Crippen LogP contribution in [0.15, 0.2) is 24.3 Å². The summed E-state index contributed by atoms with van der Waals surface area (Å²) in [4.78, 5) is 24.8. The molecule has 26 heavy (non-hydrogen) atoms. The van der Waals surface area contributed by atoms with Gasteiger partial charge in [0.2, 0.25) is 0 Å². The van der Waals surface area contributed by atoms with Crippen LogP contribution in [0.2, 0.25) is 0 Å². The fraction of sp³-hybridized carbons (Fsp3) is 0.556. The minimum Gasteiger partial charge on any atom is -0.494 e. The first-order valence-corrected chi connectivity index (χ1v) is 9.06. The molecule has 1 fully saturated rings. The van der Waals surface area contributed by atoms with E-state index < -0.39 is 12.1 Å². The van der Waals surface area contributed by atoms with Crippen LogP contribution >= 0.6 is 0 Å². The number of urea groups is 2. The molecule has 0 aromatic heterocycles. The van der Waals surface area contributed by atoms with Gasteiger partial charge in [0.1, 0.15) is 5.75 Å². The molecule has 2 rings (SSSR count). The lowest BCUT2D eigenvalue weighted by atomic mass is 10.1. The Morgan fingerprint density at radius 1 is 1.27 bits per heavy atom. The van der Waals surface area contributed by atoms with Gasteiger partial charge in [-0.3, -0.25) is 4.90 Å². The van der Waals surface area contributed by atoms with E-state index in [2.05, 4.69) is 27.8 Å². The summed E-state index contributed by atoms with van der Waals surface area (Å²) in [5.41, 5.74) is 8.38. The van der Waals surface area contributed by atoms with Crippen LogP contribution in [-0.4, -0.2) is 55.3 Å². The average Bonchev–Trinajstić information content (AvgIpc) is 2.62. The van der Waals surface area contributed by atoms with Crippen molar-refractivity contribution in [2.24, 2.45) is 5.73 Å². The number of rotatable bonds is 7. The molecule has 8 heteroatoms. The SMILES string of the molecule is CN(NC(N)=O)C(=O)NCCCOc1cccc(CN2CCCCC2)c1. The maximum absolute atomic E-state index is 11.6. The molecule has 0 radical (unpaired) electrons. The van der Waals surface area contributed by atoms with E-state index in [0.29, 0.717) is 19.6 Å². The molecule has 144 valence electrons. The molecular weight excluding hydrogens is 334 g/mol. The summed E-state index contributed by atoms with van der Waals surface area (Å²) in [6.45, 7) is 4.25. The first kappa shape index (κ1) is 19.8. The fourth-order valence-electron chi connectivity index (χ4n) is 2.90. The van der Waals surface area contributed by atoms with Crippen molar-refractivity contribution < 1.29 is 14.3 Å². The number of hydrogen-bond acceptors (Lipinski definition) is 4. The van der Waals surface area contributed by atoms with E-state index in [1.165, 1.54) is 45.0 Å². The van der Waals surface area contributed by atoms with Crippen LogP contribution in [-0.2, 0) is 6.54 Å². The molecule has 8 nitrogen and oxygen atoms in total. The number of primary amides is 1. The van der Waals surface area contributed by atoms with Gasteiger partial charge >= 0.3 is 12.1 Å². The maximum atomic E-state index is 11.6. The number of carbonyl (C=O) groups is 2. The normalized spacial score (nSPS) is 14.5. The van der Waals surface area contributed by atoms with E-state index in [-0.39, 0.29) is 0 Å². The lowest BCUT2D eigenvalue weighted by Gasteiger charge is -2.26. The van der Waals surface area contributed by atoms with Crippen LogP contribution in [0.5, 0.6) is 5.75 Å². The lowest BCUT2D eigenvalue weighted by Crippen LogP contribution is -2.50. The zero-order valence-corrected chi connectivity index (χ0v) is 15.4. The summed E-state index contributed by atoms with van der Waals surface area (Å²) in [6.07, 6.45) is 4.56. The largest absolute Gasteiger partial charge is 0.494 e.